The third kappa shape index (κ3) is 3.87. The van der Waals surface area contributed by atoms with Crippen LogP contribution in [0.25, 0.3) is 0 Å². The van der Waals surface area contributed by atoms with Crippen LogP contribution in [0, 0.1) is 0 Å². The quantitative estimate of drug-likeness (QED) is 0.770. The molecule has 1 unspecified atom stereocenters. The molecule has 6 nitrogen and oxygen atoms in total. The van der Waals surface area contributed by atoms with Crippen molar-refractivity contribution < 1.29 is 8.42 Å². The van der Waals surface area contributed by atoms with Crippen LogP contribution in [0.15, 0.2) is 47.6 Å². The summed E-state index contributed by atoms with van der Waals surface area (Å²) in [7, 11) is -3.70. The van der Waals surface area contributed by atoms with Gasteiger partial charge in [0.25, 0.3) is 0 Å². The highest BCUT2D eigenvalue weighted by molar-refractivity contribution is 7.89. The van der Waals surface area contributed by atoms with Crippen LogP contribution in [0.1, 0.15) is 12.5 Å². The van der Waals surface area contributed by atoms with Crippen molar-refractivity contribution in [2.45, 2.75) is 24.4 Å². The lowest BCUT2D eigenvalue weighted by Gasteiger charge is -2.16. The molecule has 0 amide bonds. The molecule has 112 valence electrons. The molecule has 2 rings (SSSR count). The average Bonchev–Trinajstić information content (AvgIpc) is 2.90. The molecule has 1 aromatic carbocycles. The molecule has 21 heavy (non-hydrogen) atoms. The Labute approximate surface area is 129 Å². The molecule has 0 aliphatic rings. The van der Waals surface area contributed by atoms with Crippen LogP contribution < -0.4 is 10.5 Å². The molecule has 8 heteroatoms. The highest BCUT2D eigenvalue weighted by Gasteiger charge is 2.21. The number of hydrogen-bond acceptors (Lipinski definition) is 4. The van der Waals surface area contributed by atoms with Crippen molar-refractivity contribution in [1.82, 2.24) is 14.5 Å². The number of aromatic nitrogens is 2. The fourth-order valence-electron chi connectivity index (χ4n) is 1.96. The molecule has 3 N–H and O–H groups in total. The van der Waals surface area contributed by atoms with E-state index in [0.29, 0.717) is 12.1 Å². The summed E-state index contributed by atoms with van der Waals surface area (Å²) in [5.74, 6) is 0. The van der Waals surface area contributed by atoms with Gasteiger partial charge in [-0.15, -0.1) is 0 Å². The van der Waals surface area contributed by atoms with Crippen molar-refractivity contribution in [3.63, 3.8) is 0 Å². The summed E-state index contributed by atoms with van der Waals surface area (Å²) in [6, 6.07) is 7.86. The molecule has 0 saturated heterocycles. The minimum atomic E-state index is -3.70. The van der Waals surface area contributed by atoms with E-state index in [0.717, 1.165) is 0 Å². The van der Waals surface area contributed by atoms with Gasteiger partial charge >= 0.3 is 0 Å². The third-order valence-corrected chi connectivity index (χ3v) is 4.69. The maximum atomic E-state index is 12.4. The van der Waals surface area contributed by atoms with E-state index in [1.54, 1.807) is 48.3 Å². The normalized spacial score (nSPS) is 13.0. The molecule has 1 atom stereocenters. The first-order valence-electron chi connectivity index (χ1n) is 6.29. The Kier molecular flexibility index (Phi) is 4.71. The zero-order valence-electron chi connectivity index (χ0n) is 11.4. The van der Waals surface area contributed by atoms with Crippen molar-refractivity contribution in [1.29, 1.82) is 0 Å². The molecule has 0 aliphatic heterocycles. The van der Waals surface area contributed by atoms with E-state index in [9.17, 15) is 8.42 Å². The van der Waals surface area contributed by atoms with E-state index in [1.807, 2.05) is 0 Å². The van der Waals surface area contributed by atoms with Gasteiger partial charge in [0, 0.05) is 24.0 Å². The molecular weight excluding hydrogens is 308 g/mol. The monoisotopic (exact) mass is 324 g/mol. The van der Waals surface area contributed by atoms with Gasteiger partial charge in [0.1, 0.15) is 4.99 Å². The van der Waals surface area contributed by atoms with Crippen LogP contribution in [-0.2, 0) is 16.6 Å². The third-order valence-electron chi connectivity index (χ3n) is 2.82. The molecule has 2 aromatic rings. The molecule has 1 heterocycles. The predicted molar refractivity (Wildman–Crippen MR) is 84.3 cm³/mol. The van der Waals surface area contributed by atoms with Gasteiger partial charge < -0.3 is 5.73 Å². The number of hydrogen-bond donors (Lipinski definition) is 2. The Bertz CT molecular complexity index is 726. The largest absolute Gasteiger partial charge is 0.389 e. The first-order valence-corrected chi connectivity index (χ1v) is 8.18. The van der Waals surface area contributed by atoms with Gasteiger partial charge in [-0.05, 0) is 19.1 Å². The maximum Gasteiger partial charge on any atom is 0.241 e. The SMILES string of the molecule is CC(Cn1cccn1)NS(=O)(=O)c1ccccc1C(N)=S. The van der Waals surface area contributed by atoms with E-state index in [-0.39, 0.29) is 15.9 Å². The van der Waals surface area contributed by atoms with E-state index in [4.69, 9.17) is 18.0 Å². The van der Waals surface area contributed by atoms with Crippen molar-refractivity contribution in [2.24, 2.45) is 5.73 Å². The highest BCUT2D eigenvalue weighted by Crippen LogP contribution is 2.15. The van der Waals surface area contributed by atoms with E-state index in [1.165, 1.54) is 6.07 Å². The molecular formula is C13H16N4O2S2. The fourth-order valence-corrected chi connectivity index (χ4v) is 3.66. The smallest absolute Gasteiger partial charge is 0.241 e. The highest BCUT2D eigenvalue weighted by atomic mass is 32.2. The van der Waals surface area contributed by atoms with Crippen molar-refractivity contribution >= 4 is 27.2 Å². The predicted octanol–water partition coefficient (Wildman–Crippen LogP) is 0.884. The number of nitrogens with one attached hydrogen (secondary N) is 1. The van der Waals surface area contributed by atoms with E-state index in [2.05, 4.69) is 9.82 Å². The average molecular weight is 324 g/mol. The second-order valence-corrected chi connectivity index (χ2v) is 6.73. The summed E-state index contributed by atoms with van der Waals surface area (Å²) >= 11 is 4.90. The Balaban J connectivity index is 2.20. The molecule has 0 fully saturated rings. The molecule has 0 spiro atoms. The van der Waals surface area contributed by atoms with Crippen molar-refractivity contribution in [3.8, 4) is 0 Å². The van der Waals surface area contributed by atoms with Gasteiger partial charge in [0.05, 0.1) is 11.4 Å². The van der Waals surface area contributed by atoms with Gasteiger partial charge in [-0.1, -0.05) is 30.4 Å². The molecule has 0 bridgehead atoms. The van der Waals surface area contributed by atoms with Crippen LogP contribution in [0.3, 0.4) is 0 Å². The van der Waals surface area contributed by atoms with Crippen LogP contribution in [0.2, 0.25) is 0 Å². The summed E-state index contributed by atoms with van der Waals surface area (Å²) in [5.41, 5.74) is 5.92. The first kappa shape index (κ1) is 15.6. The van der Waals surface area contributed by atoms with Crippen molar-refractivity contribution in [2.75, 3.05) is 0 Å². The summed E-state index contributed by atoms with van der Waals surface area (Å²) < 4.78 is 29.1. The standard InChI is InChI=1S/C13H16N4O2S2/c1-10(9-17-8-4-7-15-17)16-21(18,19)12-6-3-2-5-11(12)13(14)20/h2-8,10,16H,9H2,1H3,(H2,14,20). The minimum Gasteiger partial charge on any atom is -0.389 e. The zero-order valence-corrected chi connectivity index (χ0v) is 13.1. The number of thiocarbonyl (C=S) groups is 1. The topological polar surface area (TPSA) is 90.0 Å². The number of nitrogens with two attached hydrogens (primary N) is 1. The Morgan fingerprint density at radius 1 is 1.43 bits per heavy atom. The zero-order chi connectivity index (χ0) is 15.5. The summed E-state index contributed by atoms with van der Waals surface area (Å²) in [6.45, 7) is 2.20. The van der Waals surface area contributed by atoms with Gasteiger partial charge in [-0.3, -0.25) is 4.68 Å². The lowest BCUT2D eigenvalue weighted by molar-refractivity contribution is 0.494. The second-order valence-electron chi connectivity index (χ2n) is 4.61. The van der Waals surface area contributed by atoms with Crippen LogP contribution in [0.5, 0.6) is 0 Å². The molecule has 0 aliphatic carbocycles. The molecule has 1 aromatic heterocycles. The maximum absolute atomic E-state index is 12.4. The Morgan fingerprint density at radius 2 is 2.14 bits per heavy atom. The Morgan fingerprint density at radius 3 is 2.76 bits per heavy atom. The second kappa shape index (κ2) is 6.33. The van der Waals surface area contributed by atoms with Gasteiger partial charge in [-0.25, -0.2) is 13.1 Å². The summed E-state index contributed by atoms with van der Waals surface area (Å²) in [6.07, 6.45) is 3.41. The minimum absolute atomic E-state index is 0.0516. The van der Waals surface area contributed by atoms with Crippen molar-refractivity contribution in [3.05, 3.63) is 48.3 Å². The van der Waals surface area contributed by atoms with E-state index >= 15 is 0 Å². The number of sulfonamides is 1. The van der Waals surface area contributed by atoms with Crippen LogP contribution in [0.4, 0.5) is 0 Å². The fraction of sp³-hybridized carbons (Fsp3) is 0.231. The van der Waals surface area contributed by atoms with Gasteiger partial charge in [0.15, 0.2) is 0 Å². The number of benzene rings is 1. The lowest BCUT2D eigenvalue weighted by Crippen LogP contribution is -2.36. The summed E-state index contributed by atoms with van der Waals surface area (Å²) in [5, 5.41) is 4.05. The summed E-state index contributed by atoms with van der Waals surface area (Å²) in [4.78, 5) is 0.139. The van der Waals surface area contributed by atoms with Gasteiger partial charge in [-0.2, -0.15) is 5.10 Å². The molecule has 0 radical (unpaired) electrons. The number of rotatable bonds is 6. The number of nitrogens with zero attached hydrogens (tertiary/aromatic N) is 2. The van der Waals surface area contributed by atoms with Crippen LogP contribution in [-0.4, -0.2) is 29.2 Å². The first-order chi connectivity index (χ1) is 9.90. The molecule has 0 saturated carbocycles. The van der Waals surface area contributed by atoms with E-state index < -0.39 is 10.0 Å². The van der Waals surface area contributed by atoms with Gasteiger partial charge in [0.2, 0.25) is 10.0 Å². The van der Waals surface area contributed by atoms with Crippen LogP contribution >= 0.6 is 12.2 Å². The Hall–Kier alpha value is -1.77. The lowest BCUT2D eigenvalue weighted by atomic mass is 10.2.